The average Bonchev–Trinajstić information content (AvgIpc) is 2.74. The van der Waals surface area contributed by atoms with Gasteiger partial charge in [-0.05, 0) is 6.07 Å². The summed E-state index contributed by atoms with van der Waals surface area (Å²) in [6.07, 6.45) is -0.847. The molecule has 2 atom stereocenters. The van der Waals surface area contributed by atoms with Gasteiger partial charge in [-0.1, -0.05) is 18.2 Å². The summed E-state index contributed by atoms with van der Waals surface area (Å²) in [6.45, 7) is 0.0173. The van der Waals surface area contributed by atoms with E-state index in [2.05, 4.69) is 0 Å². The van der Waals surface area contributed by atoms with Crippen molar-refractivity contribution in [2.24, 2.45) is 0 Å². The van der Waals surface area contributed by atoms with Crippen molar-refractivity contribution in [2.45, 2.75) is 25.0 Å². The van der Waals surface area contributed by atoms with Gasteiger partial charge in [-0.2, -0.15) is 0 Å². The van der Waals surface area contributed by atoms with Crippen LogP contribution >= 0.6 is 0 Å². The second-order valence-corrected chi connectivity index (χ2v) is 4.60. The fraction of sp³-hybridized carbons (Fsp3) is 0.385. The Kier molecular flexibility index (Phi) is 3.71. The summed E-state index contributed by atoms with van der Waals surface area (Å²) in [6, 6.07) is 5.41. The molecule has 2 rings (SSSR count). The molecule has 0 aliphatic carbocycles. The number of phenolic OH excluding ortho intramolecular Hbond substituents is 1. The van der Waals surface area contributed by atoms with E-state index in [1.54, 1.807) is 18.2 Å². The molecular weight excluding hydrogens is 250 g/mol. The molecule has 1 fully saturated rings. The van der Waals surface area contributed by atoms with Gasteiger partial charge in [0.05, 0.1) is 12.5 Å². The normalized spacial score (nSPS) is 22.5. The number of aliphatic carboxylic acids is 1. The predicted molar refractivity (Wildman–Crippen MR) is 65.6 cm³/mol. The van der Waals surface area contributed by atoms with Crippen LogP contribution in [0.4, 0.5) is 0 Å². The number of carbonyl (C=O) groups is 2. The zero-order valence-electron chi connectivity index (χ0n) is 10.2. The van der Waals surface area contributed by atoms with Crippen LogP contribution in [0.3, 0.4) is 0 Å². The third kappa shape index (κ3) is 2.85. The maximum Gasteiger partial charge on any atom is 0.326 e. The smallest absolute Gasteiger partial charge is 0.326 e. The number of hydrogen-bond donors (Lipinski definition) is 3. The maximum absolute atomic E-state index is 12.1. The van der Waals surface area contributed by atoms with Gasteiger partial charge in [0.1, 0.15) is 11.8 Å². The monoisotopic (exact) mass is 265 g/mol. The van der Waals surface area contributed by atoms with E-state index in [-0.39, 0.29) is 25.1 Å². The van der Waals surface area contributed by atoms with Crippen molar-refractivity contribution in [3.63, 3.8) is 0 Å². The Hall–Kier alpha value is -2.08. The molecule has 1 aromatic rings. The number of aliphatic hydroxyl groups is 1. The summed E-state index contributed by atoms with van der Waals surface area (Å²) in [5, 5.41) is 28.1. The zero-order chi connectivity index (χ0) is 14.0. The number of rotatable bonds is 3. The molecule has 0 radical (unpaired) electrons. The van der Waals surface area contributed by atoms with Crippen LogP contribution in [-0.4, -0.2) is 50.8 Å². The predicted octanol–water partition coefficient (Wildman–Crippen LogP) is -0.0189. The molecule has 1 amide bonds. The average molecular weight is 265 g/mol. The second-order valence-electron chi connectivity index (χ2n) is 4.60. The highest BCUT2D eigenvalue weighted by Crippen LogP contribution is 2.22. The van der Waals surface area contributed by atoms with Gasteiger partial charge in [-0.25, -0.2) is 4.79 Å². The molecule has 0 spiro atoms. The van der Waals surface area contributed by atoms with Crippen LogP contribution in [0.1, 0.15) is 12.0 Å². The first-order chi connectivity index (χ1) is 8.99. The minimum atomic E-state index is -1.12. The molecule has 1 unspecified atom stereocenters. The van der Waals surface area contributed by atoms with Gasteiger partial charge in [0, 0.05) is 18.5 Å². The van der Waals surface area contributed by atoms with Crippen molar-refractivity contribution >= 4 is 11.9 Å². The molecule has 0 bridgehead atoms. The van der Waals surface area contributed by atoms with Gasteiger partial charge in [0.25, 0.3) is 0 Å². The van der Waals surface area contributed by atoms with Crippen molar-refractivity contribution in [2.75, 3.05) is 6.54 Å². The molecule has 1 aromatic carbocycles. The maximum atomic E-state index is 12.1. The van der Waals surface area contributed by atoms with Gasteiger partial charge < -0.3 is 20.2 Å². The van der Waals surface area contributed by atoms with Crippen molar-refractivity contribution < 1.29 is 24.9 Å². The van der Waals surface area contributed by atoms with E-state index in [9.17, 15) is 19.8 Å². The van der Waals surface area contributed by atoms with E-state index < -0.39 is 24.0 Å². The van der Waals surface area contributed by atoms with Crippen LogP contribution < -0.4 is 0 Å². The van der Waals surface area contributed by atoms with Crippen LogP contribution in [-0.2, 0) is 16.0 Å². The molecule has 1 heterocycles. The first-order valence-corrected chi connectivity index (χ1v) is 5.96. The van der Waals surface area contributed by atoms with Gasteiger partial charge in [-0.3, -0.25) is 4.79 Å². The second kappa shape index (κ2) is 5.27. The van der Waals surface area contributed by atoms with Gasteiger partial charge in [0.2, 0.25) is 5.91 Å². The summed E-state index contributed by atoms with van der Waals surface area (Å²) < 4.78 is 0. The molecule has 3 N–H and O–H groups in total. The third-order valence-electron chi connectivity index (χ3n) is 3.22. The van der Waals surface area contributed by atoms with Gasteiger partial charge >= 0.3 is 5.97 Å². The summed E-state index contributed by atoms with van der Waals surface area (Å²) in [7, 11) is 0. The van der Waals surface area contributed by atoms with Crippen molar-refractivity contribution in [1.29, 1.82) is 0 Å². The number of likely N-dealkylation sites (tertiary alicyclic amines) is 1. The molecule has 102 valence electrons. The number of nitrogens with zero attached hydrogens (tertiary/aromatic N) is 1. The number of phenols is 1. The van der Waals surface area contributed by atoms with E-state index in [0.29, 0.717) is 5.56 Å². The molecule has 6 heteroatoms. The highest BCUT2D eigenvalue weighted by molar-refractivity contribution is 5.86. The van der Waals surface area contributed by atoms with Crippen LogP contribution in [0.15, 0.2) is 24.3 Å². The largest absolute Gasteiger partial charge is 0.508 e. The number of benzene rings is 1. The lowest BCUT2D eigenvalue weighted by Crippen LogP contribution is -2.41. The Morgan fingerprint density at radius 2 is 2.00 bits per heavy atom. The Morgan fingerprint density at radius 1 is 1.32 bits per heavy atom. The highest BCUT2D eigenvalue weighted by atomic mass is 16.4. The number of amides is 1. The summed E-state index contributed by atoms with van der Waals surface area (Å²) in [4.78, 5) is 24.2. The quantitative estimate of drug-likeness (QED) is 0.713. The fourth-order valence-electron chi connectivity index (χ4n) is 2.25. The van der Waals surface area contributed by atoms with Crippen molar-refractivity contribution in [3.8, 4) is 5.75 Å². The van der Waals surface area contributed by atoms with Gasteiger partial charge in [-0.15, -0.1) is 0 Å². The molecule has 1 aliphatic heterocycles. The molecule has 1 aliphatic rings. The van der Waals surface area contributed by atoms with E-state index in [1.165, 1.54) is 6.07 Å². The topological polar surface area (TPSA) is 98.1 Å². The Morgan fingerprint density at radius 3 is 2.63 bits per heavy atom. The SMILES string of the molecule is O=C(O)[C@@H]1CC(O)CN1C(=O)Cc1ccccc1O. The Balaban J connectivity index is 2.11. The Labute approximate surface area is 109 Å². The molecular formula is C13H15NO5. The lowest BCUT2D eigenvalue weighted by atomic mass is 10.1. The number of carbonyl (C=O) groups excluding carboxylic acids is 1. The highest BCUT2D eigenvalue weighted by Gasteiger charge is 2.38. The minimum Gasteiger partial charge on any atom is -0.508 e. The van der Waals surface area contributed by atoms with Crippen LogP contribution in [0.5, 0.6) is 5.75 Å². The van der Waals surface area contributed by atoms with Crippen molar-refractivity contribution in [1.82, 2.24) is 4.90 Å². The van der Waals surface area contributed by atoms with Crippen LogP contribution in [0.25, 0.3) is 0 Å². The fourth-order valence-corrected chi connectivity index (χ4v) is 2.25. The molecule has 1 saturated heterocycles. The molecule has 0 saturated carbocycles. The number of aromatic hydroxyl groups is 1. The number of hydrogen-bond acceptors (Lipinski definition) is 4. The van der Waals surface area contributed by atoms with Gasteiger partial charge in [0.15, 0.2) is 0 Å². The van der Waals surface area contributed by atoms with Crippen molar-refractivity contribution in [3.05, 3.63) is 29.8 Å². The number of carboxylic acid groups (broad SMARTS) is 1. The summed E-state index contributed by atoms with van der Waals surface area (Å²) in [5.74, 6) is -1.53. The number of aliphatic hydroxyl groups excluding tert-OH is 1. The lowest BCUT2D eigenvalue weighted by Gasteiger charge is -2.21. The first kappa shape index (κ1) is 13.4. The van der Waals surface area contributed by atoms with Crippen LogP contribution in [0, 0.1) is 0 Å². The third-order valence-corrected chi connectivity index (χ3v) is 3.22. The summed E-state index contributed by atoms with van der Waals surface area (Å²) in [5.41, 5.74) is 0.443. The Bertz CT molecular complexity index is 502. The van der Waals surface area contributed by atoms with Crippen LogP contribution in [0.2, 0.25) is 0 Å². The number of carboxylic acids is 1. The first-order valence-electron chi connectivity index (χ1n) is 5.96. The van der Waals surface area contributed by atoms with E-state index in [0.717, 1.165) is 4.90 Å². The lowest BCUT2D eigenvalue weighted by molar-refractivity contribution is -0.148. The molecule has 6 nitrogen and oxygen atoms in total. The van der Waals surface area contributed by atoms with E-state index >= 15 is 0 Å². The summed E-state index contributed by atoms with van der Waals surface area (Å²) >= 11 is 0. The van der Waals surface area contributed by atoms with E-state index in [4.69, 9.17) is 5.11 Å². The molecule has 0 aromatic heterocycles. The minimum absolute atomic E-state index is 0.00229. The zero-order valence-corrected chi connectivity index (χ0v) is 10.2. The van der Waals surface area contributed by atoms with E-state index in [1.807, 2.05) is 0 Å². The standard InChI is InChI=1S/C13H15NO5/c15-9-6-10(13(18)19)14(7-9)12(17)5-8-3-1-2-4-11(8)16/h1-4,9-10,15-16H,5-7H2,(H,18,19)/t9?,10-/m0/s1. The number of β-amino-alcohol motifs (C(OH)–C–C–N with tert-alkyl or cyclic N) is 1. The molecule has 19 heavy (non-hydrogen) atoms. The number of para-hydroxylation sites is 1.